The van der Waals surface area contributed by atoms with E-state index in [-0.39, 0.29) is 5.69 Å². The van der Waals surface area contributed by atoms with Crippen LogP contribution in [0.1, 0.15) is 20.8 Å². The van der Waals surface area contributed by atoms with Gasteiger partial charge in [-0.05, 0) is 12.1 Å². The number of carbonyl (C=O) groups is 1. The van der Waals surface area contributed by atoms with E-state index in [4.69, 9.17) is 4.74 Å². The fourth-order valence-corrected chi connectivity index (χ4v) is 2.61. The van der Waals surface area contributed by atoms with Crippen molar-refractivity contribution in [3.63, 3.8) is 0 Å². The number of cyclic esters (lactones) is 1. The zero-order chi connectivity index (χ0) is 13.4. The molecule has 0 unspecified atom stereocenters. The second-order valence-corrected chi connectivity index (χ2v) is 4.85. The van der Waals surface area contributed by atoms with E-state index in [1.165, 1.54) is 22.8 Å². The van der Waals surface area contributed by atoms with Crippen molar-refractivity contribution in [3.05, 3.63) is 61.8 Å². The van der Waals surface area contributed by atoms with Crippen LogP contribution in [-0.2, 0) is 4.74 Å². The second kappa shape index (κ2) is 4.33. The van der Waals surface area contributed by atoms with Crippen molar-refractivity contribution in [3.8, 4) is 0 Å². The van der Waals surface area contributed by atoms with Crippen LogP contribution in [0.15, 0.2) is 35.7 Å². The molecule has 0 atom stereocenters. The highest BCUT2D eigenvalue weighted by atomic mass is 32.1. The van der Waals surface area contributed by atoms with Gasteiger partial charge >= 0.3 is 5.97 Å². The maximum Gasteiger partial charge on any atom is 0.344 e. The minimum Gasteiger partial charge on any atom is -0.422 e. The summed E-state index contributed by atoms with van der Waals surface area (Å²) >= 11 is 1.23. The Labute approximate surface area is 111 Å². The minimum absolute atomic E-state index is 0.0365. The first kappa shape index (κ1) is 11.6. The molecule has 0 aliphatic carbocycles. The third-order valence-corrected chi connectivity index (χ3v) is 3.57. The Morgan fingerprint density at radius 3 is 2.68 bits per heavy atom. The molecule has 94 valence electrons. The fourth-order valence-electron chi connectivity index (χ4n) is 1.84. The number of nitro groups is 1. The third kappa shape index (κ3) is 2.02. The van der Waals surface area contributed by atoms with Crippen molar-refractivity contribution in [2.45, 2.75) is 0 Å². The number of esters is 1. The smallest absolute Gasteiger partial charge is 0.344 e. The molecule has 0 saturated heterocycles. The van der Waals surface area contributed by atoms with Crippen LogP contribution in [0.25, 0.3) is 11.8 Å². The van der Waals surface area contributed by atoms with Crippen molar-refractivity contribution in [1.82, 2.24) is 0 Å². The first-order valence-corrected chi connectivity index (χ1v) is 6.29. The molecule has 1 aromatic carbocycles. The summed E-state index contributed by atoms with van der Waals surface area (Å²) in [5, 5.41) is 12.1. The molecule has 0 radical (unpaired) electrons. The summed E-state index contributed by atoms with van der Waals surface area (Å²) in [7, 11) is 0. The lowest BCUT2D eigenvalue weighted by atomic mass is 10.1. The monoisotopic (exact) mass is 273 g/mol. The van der Waals surface area contributed by atoms with Crippen molar-refractivity contribution in [1.29, 1.82) is 0 Å². The molecule has 0 N–H and O–H groups in total. The van der Waals surface area contributed by atoms with Crippen LogP contribution < -0.4 is 0 Å². The van der Waals surface area contributed by atoms with Gasteiger partial charge in [-0.2, -0.15) is 0 Å². The van der Waals surface area contributed by atoms with Gasteiger partial charge in [-0.25, -0.2) is 4.79 Å². The van der Waals surface area contributed by atoms with Crippen molar-refractivity contribution in [2.24, 2.45) is 0 Å². The van der Waals surface area contributed by atoms with Gasteiger partial charge in [-0.15, -0.1) is 11.3 Å². The summed E-state index contributed by atoms with van der Waals surface area (Å²) in [6, 6.07) is 8.50. The molecule has 0 bridgehead atoms. The van der Waals surface area contributed by atoms with E-state index in [0.717, 1.165) is 0 Å². The van der Waals surface area contributed by atoms with Crippen LogP contribution in [0.5, 0.6) is 0 Å². The molecule has 1 aliphatic heterocycles. The van der Waals surface area contributed by atoms with Gasteiger partial charge in [0.15, 0.2) is 0 Å². The highest BCUT2D eigenvalue weighted by molar-refractivity contribution is 7.11. The molecular weight excluding hydrogens is 266 g/mol. The van der Waals surface area contributed by atoms with Crippen LogP contribution in [-0.4, -0.2) is 10.9 Å². The molecule has 5 nitrogen and oxygen atoms in total. The molecule has 2 heterocycles. The van der Waals surface area contributed by atoms with Crippen LogP contribution in [0, 0.1) is 10.1 Å². The van der Waals surface area contributed by atoms with E-state index < -0.39 is 10.9 Å². The van der Waals surface area contributed by atoms with Crippen LogP contribution in [0.2, 0.25) is 0 Å². The zero-order valence-corrected chi connectivity index (χ0v) is 10.3. The Morgan fingerprint density at radius 2 is 2.00 bits per heavy atom. The summed E-state index contributed by atoms with van der Waals surface area (Å²) < 4.78 is 5.16. The number of nitrogens with zero attached hydrogens (tertiary/aromatic N) is 1. The Balaban J connectivity index is 2.01. The van der Waals surface area contributed by atoms with E-state index >= 15 is 0 Å². The van der Waals surface area contributed by atoms with Crippen molar-refractivity contribution in [2.75, 3.05) is 0 Å². The number of ether oxygens (including phenoxy) is 1. The van der Waals surface area contributed by atoms with E-state index in [2.05, 4.69) is 0 Å². The average Bonchev–Trinajstić information content (AvgIpc) is 2.97. The molecule has 0 amide bonds. The lowest BCUT2D eigenvalue weighted by molar-refractivity contribution is -0.384. The highest BCUT2D eigenvalue weighted by Crippen LogP contribution is 2.33. The van der Waals surface area contributed by atoms with Gasteiger partial charge in [0.2, 0.25) is 0 Å². The highest BCUT2D eigenvalue weighted by Gasteiger charge is 2.25. The number of carbonyl (C=O) groups excluding carboxylic acids is 1. The van der Waals surface area contributed by atoms with E-state index in [1.807, 2.05) is 6.07 Å². The van der Waals surface area contributed by atoms with Crippen molar-refractivity contribution >= 4 is 34.8 Å². The van der Waals surface area contributed by atoms with Gasteiger partial charge in [0.25, 0.3) is 5.69 Å². The summed E-state index contributed by atoms with van der Waals surface area (Å²) in [6.45, 7) is 0. The van der Waals surface area contributed by atoms with E-state index in [0.29, 0.717) is 21.8 Å². The predicted octanol–water partition coefficient (Wildman–Crippen LogP) is 3.32. The first-order chi connectivity index (χ1) is 9.15. The maximum atomic E-state index is 11.6. The molecule has 19 heavy (non-hydrogen) atoms. The lowest BCUT2D eigenvalue weighted by Gasteiger charge is -1.96. The summed E-state index contributed by atoms with van der Waals surface area (Å²) in [6.07, 6.45) is 1.64. The quantitative estimate of drug-likeness (QED) is 0.478. The van der Waals surface area contributed by atoms with Crippen molar-refractivity contribution < 1.29 is 14.5 Å². The van der Waals surface area contributed by atoms with Gasteiger partial charge in [0.05, 0.1) is 15.9 Å². The summed E-state index contributed by atoms with van der Waals surface area (Å²) in [5.41, 5.74) is 1.26. The molecule has 1 aliphatic rings. The van der Waals surface area contributed by atoms with Crippen LogP contribution in [0.3, 0.4) is 0 Å². The SMILES string of the molecule is O=C1OC(=Cc2cc([N+](=O)[O-])cs2)c2ccccc21. The Kier molecular flexibility index (Phi) is 2.64. The maximum absolute atomic E-state index is 11.6. The Morgan fingerprint density at radius 1 is 1.26 bits per heavy atom. The van der Waals surface area contributed by atoms with Gasteiger partial charge in [0.1, 0.15) is 5.76 Å². The molecule has 0 fully saturated rings. The molecule has 0 spiro atoms. The van der Waals surface area contributed by atoms with Gasteiger partial charge in [0, 0.05) is 16.5 Å². The zero-order valence-electron chi connectivity index (χ0n) is 9.53. The number of thiophene rings is 1. The summed E-state index contributed by atoms with van der Waals surface area (Å²) in [4.78, 5) is 22.4. The normalized spacial score (nSPS) is 15.4. The lowest BCUT2D eigenvalue weighted by Crippen LogP contribution is -1.92. The van der Waals surface area contributed by atoms with Crippen LogP contribution in [0.4, 0.5) is 5.69 Å². The molecule has 2 aromatic rings. The standard InChI is InChI=1S/C13H7NO4S/c15-13-11-4-2-1-3-10(11)12(18-13)6-9-5-8(7-19-9)14(16)17/h1-7H. The van der Waals surface area contributed by atoms with Gasteiger partial charge in [-0.3, -0.25) is 10.1 Å². The predicted molar refractivity (Wildman–Crippen MR) is 70.7 cm³/mol. The first-order valence-electron chi connectivity index (χ1n) is 5.41. The largest absolute Gasteiger partial charge is 0.422 e. The number of rotatable bonds is 2. The number of benzene rings is 1. The number of hydrogen-bond donors (Lipinski definition) is 0. The number of fused-ring (bicyclic) bond motifs is 1. The summed E-state index contributed by atoms with van der Waals surface area (Å²) in [5.74, 6) is 0.0326. The third-order valence-electron chi connectivity index (χ3n) is 2.71. The Hall–Kier alpha value is -2.47. The molecule has 0 saturated carbocycles. The Bertz CT molecular complexity index is 717. The average molecular weight is 273 g/mol. The topological polar surface area (TPSA) is 69.4 Å². The molecule has 6 heteroatoms. The minimum atomic E-state index is -0.451. The molecule has 1 aromatic heterocycles. The van der Waals surface area contributed by atoms with Crippen LogP contribution >= 0.6 is 11.3 Å². The van der Waals surface area contributed by atoms with Gasteiger partial charge in [-0.1, -0.05) is 18.2 Å². The number of hydrogen-bond acceptors (Lipinski definition) is 5. The second-order valence-electron chi connectivity index (χ2n) is 3.91. The molecule has 3 rings (SSSR count). The molecular formula is C13H7NO4S. The fraction of sp³-hybridized carbons (Fsp3) is 0. The van der Waals surface area contributed by atoms with Gasteiger partial charge < -0.3 is 4.74 Å². The van der Waals surface area contributed by atoms with E-state index in [1.54, 1.807) is 24.3 Å². The van der Waals surface area contributed by atoms with E-state index in [9.17, 15) is 14.9 Å².